The van der Waals surface area contributed by atoms with Crippen LogP contribution in [-0.4, -0.2) is 15.7 Å². The number of nitriles is 1. The van der Waals surface area contributed by atoms with Crippen molar-refractivity contribution in [1.29, 1.82) is 5.26 Å². The van der Waals surface area contributed by atoms with Crippen molar-refractivity contribution < 1.29 is 39.9 Å². The van der Waals surface area contributed by atoms with Gasteiger partial charge in [-0.15, -0.1) is 11.3 Å². The Bertz CT molecular complexity index is 1720. The van der Waals surface area contributed by atoms with Crippen LogP contribution < -0.4 is 10.3 Å². The number of ether oxygens (including phenoxy) is 1. The van der Waals surface area contributed by atoms with Crippen LogP contribution in [0.4, 0.5) is 35.1 Å². The molecular weight excluding hydrogens is 582 g/mol. The summed E-state index contributed by atoms with van der Waals surface area (Å²) in [7, 11) is 0. The second-order valence-electron chi connectivity index (χ2n) is 8.96. The van der Waals surface area contributed by atoms with E-state index in [9.17, 15) is 45.2 Å². The molecule has 3 aromatic heterocycles. The molecule has 214 valence electrons. The molecule has 0 spiro atoms. The topological polar surface area (TPSA) is 67.9 Å². The van der Waals surface area contributed by atoms with Crippen LogP contribution >= 0.6 is 11.3 Å². The number of rotatable bonds is 6. The number of hydrogen-bond donors (Lipinski definition) is 0. The number of benzene rings is 1. The highest BCUT2D eigenvalue weighted by Gasteiger charge is 2.38. The number of thiophene rings is 1. The molecule has 4 rings (SSSR count). The van der Waals surface area contributed by atoms with Crippen molar-refractivity contribution >= 4 is 11.3 Å². The molecule has 14 heteroatoms. The fourth-order valence-corrected chi connectivity index (χ4v) is 4.91. The van der Waals surface area contributed by atoms with Crippen LogP contribution in [0.5, 0.6) is 5.88 Å². The summed E-state index contributed by atoms with van der Waals surface area (Å²) in [5.41, 5.74) is -6.00. The first-order valence-electron chi connectivity index (χ1n) is 11.6. The Kier molecular flexibility index (Phi) is 7.95. The maximum absolute atomic E-state index is 14.4. The molecule has 0 atom stereocenters. The normalized spacial score (nSPS) is 12.0. The predicted octanol–water partition coefficient (Wildman–Crippen LogP) is 7.66. The summed E-state index contributed by atoms with van der Waals surface area (Å²) in [6.45, 7) is 2.37. The highest BCUT2D eigenvalue weighted by molar-refractivity contribution is 7.18. The predicted molar refractivity (Wildman–Crippen MR) is 133 cm³/mol. The van der Waals surface area contributed by atoms with Gasteiger partial charge in [0.25, 0.3) is 5.56 Å². The maximum Gasteiger partial charge on any atom is 0.421 e. The molecule has 1 aromatic carbocycles. The van der Waals surface area contributed by atoms with Crippen molar-refractivity contribution in [2.24, 2.45) is 0 Å². The second kappa shape index (κ2) is 11.0. The summed E-state index contributed by atoms with van der Waals surface area (Å²) < 4.78 is 116. The molecule has 0 bridgehead atoms. The Morgan fingerprint density at radius 2 is 1.63 bits per heavy atom. The molecule has 41 heavy (non-hydrogen) atoms. The standard InChI is InChI=1S/C27H17F8N3O2S/c1-13(2)40-24-19(27(33,34)35)7-15(11-37-24)22-5-6-23(41-22)21-9-18(26(30,31)32)17(10-36)25(39)38(21)12-14-3-4-16(28)8-20(14)29/h3-9,11,13H,12H2,1-2H3. The maximum atomic E-state index is 14.4. The minimum Gasteiger partial charge on any atom is -0.475 e. The van der Waals surface area contributed by atoms with Crippen LogP contribution in [0.1, 0.15) is 36.1 Å². The summed E-state index contributed by atoms with van der Waals surface area (Å²) in [6, 6.07) is 7.55. The van der Waals surface area contributed by atoms with Gasteiger partial charge in [0, 0.05) is 28.3 Å². The third kappa shape index (κ3) is 6.25. The molecule has 0 saturated heterocycles. The first-order chi connectivity index (χ1) is 19.1. The Hall–Kier alpha value is -4.25. The molecule has 0 aliphatic carbocycles. The van der Waals surface area contributed by atoms with Gasteiger partial charge in [-0.3, -0.25) is 4.79 Å². The lowest BCUT2D eigenvalue weighted by molar-refractivity contribution is -0.139. The van der Waals surface area contributed by atoms with Crippen LogP contribution in [0, 0.1) is 23.0 Å². The third-order valence-electron chi connectivity index (χ3n) is 5.71. The Balaban J connectivity index is 1.90. The molecule has 0 aliphatic rings. The Labute approximate surface area is 230 Å². The van der Waals surface area contributed by atoms with Crippen LogP contribution in [0.2, 0.25) is 0 Å². The molecule has 0 fully saturated rings. The monoisotopic (exact) mass is 599 g/mol. The van der Waals surface area contributed by atoms with Gasteiger partial charge in [0.1, 0.15) is 28.8 Å². The van der Waals surface area contributed by atoms with Crippen molar-refractivity contribution in [3.63, 3.8) is 0 Å². The Morgan fingerprint density at radius 1 is 0.976 bits per heavy atom. The quantitative estimate of drug-likeness (QED) is 0.214. The van der Waals surface area contributed by atoms with E-state index in [0.29, 0.717) is 12.1 Å². The minimum absolute atomic E-state index is 0.00863. The molecular formula is C27H17F8N3O2S. The number of nitrogens with zero attached hydrogens (tertiary/aromatic N) is 3. The largest absolute Gasteiger partial charge is 0.475 e. The van der Waals surface area contributed by atoms with Gasteiger partial charge < -0.3 is 9.30 Å². The molecule has 4 aromatic rings. The summed E-state index contributed by atoms with van der Waals surface area (Å²) in [5.74, 6) is -2.66. The van der Waals surface area contributed by atoms with E-state index >= 15 is 0 Å². The van der Waals surface area contributed by atoms with Gasteiger partial charge in [-0.1, -0.05) is 6.07 Å². The molecule has 5 nitrogen and oxygen atoms in total. The van der Waals surface area contributed by atoms with Gasteiger partial charge in [-0.2, -0.15) is 31.6 Å². The number of alkyl halides is 6. The first kappa shape index (κ1) is 29.7. The number of pyridine rings is 2. The summed E-state index contributed by atoms with van der Waals surface area (Å²) in [6.07, 6.45) is -9.45. The van der Waals surface area contributed by atoms with E-state index in [1.807, 2.05) is 0 Å². The van der Waals surface area contributed by atoms with E-state index in [-0.39, 0.29) is 26.6 Å². The number of halogens is 8. The fourth-order valence-electron chi connectivity index (χ4n) is 3.90. The summed E-state index contributed by atoms with van der Waals surface area (Å²) in [5, 5.41) is 9.33. The van der Waals surface area contributed by atoms with E-state index in [1.54, 1.807) is 0 Å². The van der Waals surface area contributed by atoms with Crippen molar-refractivity contribution in [2.75, 3.05) is 0 Å². The zero-order valence-corrected chi connectivity index (χ0v) is 21.8. The van der Waals surface area contributed by atoms with Gasteiger partial charge in [-0.25, -0.2) is 13.8 Å². The fraction of sp³-hybridized carbons (Fsp3) is 0.222. The second-order valence-corrected chi connectivity index (χ2v) is 10.0. The van der Waals surface area contributed by atoms with E-state index in [1.165, 1.54) is 32.0 Å². The first-order valence-corrected chi connectivity index (χ1v) is 12.4. The molecule has 0 unspecified atom stereocenters. The highest BCUT2D eigenvalue weighted by atomic mass is 32.1. The molecule has 0 aliphatic heterocycles. The van der Waals surface area contributed by atoms with E-state index < -0.39 is 64.8 Å². The molecule has 0 N–H and O–H groups in total. The van der Waals surface area contributed by atoms with Gasteiger partial charge in [0.2, 0.25) is 5.88 Å². The zero-order chi connectivity index (χ0) is 30.3. The van der Waals surface area contributed by atoms with E-state index in [2.05, 4.69) is 4.98 Å². The van der Waals surface area contributed by atoms with Gasteiger partial charge in [0.15, 0.2) is 0 Å². The zero-order valence-electron chi connectivity index (χ0n) is 21.0. The highest BCUT2D eigenvalue weighted by Crippen LogP contribution is 2.41. The lowest BCUT2D eigenvalue weighted by Gasteiger charge is -2.17. The van der Waals surface area contributed by atoms with Gasteiger partial charge >= 0.3 is 12.4 Å². The van der Waals surface area contributed by atoms with Crippen LogP contribution in [0.3, 0.4) is 0 Å². The van der Waals surface area contributed by atoms with Crippen molar-refractivity contribution in [2.45, 2.75) is 38.8 Å². The number of hydrogen-bond acceptors (Lipinski definition) is 5. The minimum atomic E-state index is -5.11. The summed E-state index contributed by atoms with van der Waals surface area (Å²) >= 11 is 0.739. The van der Waals surface area contributed by atoms with Crippen LogP contribution in [0.25, 0.3) is 21.0 Å². The molecule has 3 heterocycles. The SMILES string of the molecule is CC(C)Oc1ncc(-c2ccc(-c3cc(C(F)(F)F)c(C#N)c(=O)n3Cc3ccc(F)cc3F)s2)cc1C(F)(F)F. The van der Waals surface area contributed by atoms with E-state index in [0.717, 1.165) is 40.3 Å². The molecule has 0 radical (unpaired) electrons. The van der Waals surface area contributed by atoms with Crippen molar-refractivity contribution in [3.05, 3.63) is 92.9 Å². The smallest absolute Gasteiger partial charge is 0.421 e. The number of aromatic nitrogens is 2. The lowest BCUT2D eigenvalue weighted by atomic mass is 10.1. The van der Waals surface area contributed by atoms with Crippen LogP contribution in [0.15, 0.2) is 53.5 Å². The average molecular weight is 600 g/mol. The van der Waals surface area contributed by atoms with Gasteiger partial charge in [0.05, 0.1) is 28.8 Å². The third-order valence-corrected chi connectivity index (χ3v) is 6.86. The van der Waals surface area contributed by atoms with E-state index in [4.69, 9.17) is 4.74 Å². The summed E-state index contributed by atoms with van der Waals surface area (Å²) in [4.78, 5) is 17.0. The molecule has 0 amide bonds. The Morgan fingerprint density at radius 3 is 2.22 bits per heavy atom. The average Bonchev–Trinajstić information content (AvgIpc) is 3.35. The van der Waals surface area contributed by atoms with Crippen molar-refractivity contribution in [1.82, 2.24) is 9.55 Å². The van der Waals surface area contributed by atoms with Crippen molar-refractivity contribution in [3.8, 4) is 33.0 Å². The van der Waals surface area contributed by atoms with Gasteiger partial charge in [-0.05, 0) is 44.2 Å². The molecule has 0 saturated carbocycles. The lowest BCUT2D eigenvalue weighted by Crippen LogP contribution is -2.28. The van der Waals surface area contributed by atoms with Crippen LogP contribution in [-0.2, 0) is 18.9 Å².